The molecule has 1 aliphatic heterocycles. The molecule has 3 heteroatoms. The van der Waals surface area contributed by atoms with Crippen molar-refractivity contribution in [2.75, 3.05) is 18.0 Å². The molecule has 1 heterocycles. The highest BCUT2D eigenvalue weighted by atomic mass is 35.5. The molecule has 0 atom stereocenters. The van der Waals surface area contributed by atoms with Gasteiger partial charge in [0.25, 0.3) is 0 Å². The zero-order chi connectivity index (χ0) is 13.8. The third kappa shape index (κ3) is 3.20. The van der Waals surface area contributed by atoms with Gasteiger partial charge in [-0.05, 0) is 54.8 Å². The highest BCUT2D eigenvalue weighted by Crippen LogP contribution is 2.20. The first-order valence-electron chi connectivity index (χ1n) is 6.96. The highest BCUT2D eigenvalue weighted by Gasteiger charge is 2.11. The molecule has 0 spiro atoms. The Morgan fingerprint density at radius 3 is 2.20 bits per heavy atom. The summed E-state index contributed by atoms with van der Waals surface area (Å²) in [5.74, 6) is 0. The van der Waals surface area contributed by atoms with Crippen molar-refractivity contribution < 1.29 is 0 Å². The minimum Gasteiger partial charge on any atom is -0.372 e. The summed E-state index contributed by atoms with van der Waals surface area (Å²) in [6.07, 6.45) is 4.50. The largest absolute Gasteiger partial charge is 0.372 e. The molecule has 2 aromatic carbocycles. The van der Waals surface area contributed by atoms with E-state index in [2.05, 4.69) is 34.2 Å². The predicted molar refractivity (Wildman–Crippen MR) is 86.6 cm³/mol. The zero-order valence-electron chi connectivity index (χ0n) is 11.3. The maximum absolute atomic E-state index is 5.85. The van der Waals surface area contributed by atoms with Crippen molar-refractivity contribution in [1.82, 2.24) is 0 Å². The summed E-state index contributed by atoms with van der Waals surface area (Å²) in [5.41, 5.74) is 3.34. The molecule has 0 amide bonds. The van der Waals surface area contributed by atoms with Gasteiger partial charge in [0.2, 0.25) is 0 Å². The Kier molecular flexibility index (Phi) is 4.03. The molecule has 0 saturated carbocycles. The molecule has 0 bridgehead atoms. The number of rotatable bonds is 3. The average molecular weight is 285 g/mol. The van der Waals surface area contributed by atoms with Crippen LogP contribution in [0.2, 0.25) is 5.02 Å². The van der Waals surface area contributed by atoms with Crippen molar-refractivity contribution in [2.45, 2.75) is 12.8 Å². The van der Waals surface area contributed by atoms with Crippen molar-refractivity contribution in [3.63, 3.8) is 0 Å². The maximum Gasteiger partial charge on any atom is 0.0630 e. The fraction of sp³-hybridized carbons (Fsp3) is 0.235. The minimum absolute atomic E-state index is 0.735. The number of halogens is 1. The first kappa shape index (κ1) is 13.2. The quantitative estimate of drug-likeness (QED) is 0.747. The topological polar surface area (TPSA) is 15.6 Å². The molecule has 2 nitrogen and oxygen atoms in total. The van der Waals surface area contributed by atoms with Crippen molar-refractivity contribution in [3.8, 4) is 0 Å². The van der Waals surface area contributed by atoms with E-state index in [0.717, 1.165) is 16.3 Å². The second-order valence-corrected chi connectivity index (χ2v) is 5.46. The van der Waals surface area contributed by atoms with Crippen LogP contribution in [0.15, 0.2) is 53.5 Å². The Morgan fingerprint density at radius 1 is 0.900 bits per heavy atom. The normalized spacial score (nSPS) is 15.2. The van der Waals surface area contributed by atoms with E-state index in [1.807, 2.05) is 30.5 Å². The maximum atomic E-state index is 5.85. The van der Waals surface area contributed by atoms with E-state index in [9.17, 15) is 0 Å². The Hall–Kier alpha value is -1.80. The third-order valence-electron chi connectivity index (χ3n) is 3.55. The van der Waals surface area contributed by atoms with Gasteiger partial charge >= 0.3 is 0 Å². The molecule has 20 heavy (non-hydrogen) atoms. The van der Waals surface area contributed by atoms with Crippen LogP contribution < -0.4 is 4.90 Å². The van der Waals surface area contributed by atoms with Gasteiger partial charge in [-0.2, -0.15) is 0 Å². The van der Waals surface area contributed by atoms with Gasteiger partial charge in [-0.3, -0.25) is 4.99 Å². The average Bonchev–Trinajstić information content (AvgIpc) is 3.01. The van der Waals surface area contributed by atoms with Gasteiger partial charge in [-0.25, -0.2) is 0 Å². The molecular weight excluding hydrogens is 268 g/mol. The molecule has 102 valence electrons. The smallest absolute Gasteiger partial charge is 0.0630 e. The lowest BCUT2D eigenvalue weighted by atomic mass is 10.2. The minimum atomic E-state index is 0.735. The van der Waals surface area contributed by atoms with Crippen LogP contribution in [0.3, 0.4) is 0 Å². The van der Waals surface area contributed by atoms with Crippen LogP contribution in [0.4, 0.5) is 11.4 Å². The summed E-state index contributed by atoms with van der Waals surface area (Å²) < 4.78 is 0. The molecule has 1 saturated heterocycles. The van der Waals surface area contributed by atoms with Gasteiger partial charge in [-0.15, -0.1) is 0 Å². The summed E-state index contributed by atoms with van der Waals surface area (Å²) >= 11 is 5.85. The summed E-state index contributed by atoms with van der Waals surface area (Å²) in [4.78, 5) is 6.88. The fourth-order valence-electron chi connectivity index (χ4n) is 2.42. The standard InChI is InChI=1S/C17H17ClN2/c18-15-5-7-16(8-6-15)19-13-14-3-9-17(10-4-14)20-11-1-2-12-20/h3-10,13H,1-2,11-12H2. The molecule has 3 rings (SSSR count). The number of hydrogen-bond donors (Lipinski definition) is 0. The molecule has 0 unspecified atom stereocenters. The van der Waals surface area contributed by atoms with E-state index in [1.165, 1.54) is 31.6 Å². The molecule has 0 aliphatic carbocycles. The second-order valence-electron chi connectivity index (χ2n) is 5.02. The highest BCUT2D eigenvalue weighted by molar-refractivity contribution is 6.30. The summed E-state index contributed by atoms with van der Waals surface area (Å²) in [5, 5.41) is 0.735. The number of aliphatic imine (C=N–C) groups is 1. The van der Waals surface area contributed by atoms with Crippen molar-refractivity contribution in [1.29, 1.82) is 0 Å². The Bertz CT molecular complexity index is 581. The van der Waals surface area contributed by atoms with Crippen LogP contribution >= 0.6 is 11.6 Å². The summed E-state index contributed by atoms with van der Waals surface area (Å²) in [7, 11) is 0. The zero-order valence-corrected chi connectivity index (χ0v) is 12.1. The van der Waals surface area contributed by atoms with E-state index in [0.29, 0.717) is 0 Å². The monoisotopic (exact) mass is 284 g/mol. The Morgan fingerprint density at radius 2 is 1.55 bits per heavy atom. The molecule has 2 aromatic rings. The van der Waals surface area contributed by atoms with Crippen LogP contribution in [-0.2, 0) is 0 Å². The van der Waals surface area contributed by atoms with Gasteiger partial charge < -0.3 is 4.90 Å². The van der Waals surface area contributed by atoms with Crippen LogP contribution in [0.1, 0.15) is 18.4 Å². The first-order chi connectivity index (χ1) is 9.81. The summed E-state index contributed by atoms with van der Waals surface area (Å²) in [6.45, 7) is 2.36. The van der Waals surface area contributed by atoms with E-state index >= 15 is 0 Å². The SMILES string of the molecule is Clc1ccc(N=Cc2ccc(N3CCCC3)cc2)cc1. The fourth-order valence-corrected chi connectivity index (χ4v) is 2.55. The van der Waals surface area contributed by atoms with Crippen LogP contribution in [-0.4, -0.2) is 19.3 Å². The Balaban J connectivity index is 1.69. The van der Waals surface area contributed by atoms with Crippen molar-refractivity contribution in [2.24, 2.45) is 4.99 Å². The van der Waals surface area contributed by atoms with E-state index in [-0.39, 0.29) is 0 Å². The van der Waals surface area contributed by atoms with Crippen LogP contribution in [0, 0.1) is 0 Å². The first-order valence-corrected chi connectivity index (χ1v) is 7.34. The predicted octanol–water partition coefficient (Wildman–Crippen LogP) is 4.69. The van der Waals surface area contributed by atoms with Crippen LogP contribution in [0.5, 0.6) is 0 Å². The molecule has 0 aromatic heterocycles. The lowest BCUT2D eigenvalue weighted by Gasteiger charge is -2.17. The van der Waals surface area contributed by atoms with Gasteiger partial charge in [-0.1, -0.05) is 23.7 Å². The Labute approximate surface area is 124 Å². The lowest BCUT2D eigenvalue weighted by Crippen LogP contribution is -2.17. The van der Waals surface area contributed by atoms with Crippen molar-refractivity contribution in [3.05, 3.63) is 59.1 Å². The number of hydrogen-bond acceptors (Lipinski definition) is 2. The van der Waals surface area contributed by atoms with E-state index < -0.39 is 0 Å². The van der Waals surface area contributed by atoms with E-state index in [1.54, 1.807) is 0 Å². The number of anilines is 1. The lowest BCUT2D eigenvalue weighted by molar-refractivity contribution is 0.949. The second kappa shape index (κ2) is 6.10. The van der Waals surface area contributed by atoms with Crippen molar-refractivity contribution >= 4 is 29.2 Å². The van der Waals surface area contributed by atoms with Gasteiger partial charge in [0.05, 0.1) is 5.69 Å². The van der Waals surface area contributed by atoms with E-state index in [4.69, 9.17) is 11.6 Å². The van der Waals surface area contributed by atoms with Gasteiger partial charge in [0, 0.05) is 30.0 Å². The summed E-state index contributed by atoms with van der Waals surface area (Å²) in [6, 6.07) is 16.1. The number of nitrogens with zero attached hydrogens (tertiary/aromatic N) is 2. The molecule has 1 aliphatic rings. The molecule has 1 fully saturated rings. The molecule has 0 radical (unpaired) electrons. The van der Waals surface area contributed by atoms with Gasteiger partial charge in [0.1, 0.15) is 0 Å². The third-order valence-corrected chi connectivity index (χ3v) is 3.81. The molecular formula is C17H17ClN2. The van der Waals surface area contributed by atoms with Gasteiger partial charge in [0.15, 0.2) is 0 Å². The number of benzene rings is 2. The molecule has 0 N–H and O–H groups in total. The van der Waals surface area contributed by atoms with Crippen LogP contribution in [0.25, 0.3) is 0 Å².